The highest BCUT2D eigenvalue weighted by molar-refractivity contribution is 7.47. The van der Waals surface area contributed by atoms with Crippen LogP contribution >= 0.6 is 15.6 Å². The van der Waals surface area contributed by atoms with Crippen LogP contribution in [0.1, 0.15) is 389 Å². The van der Waals surface area contributed by atoms with Gasteiger partial charge in [-0.1, -0.05) is 337 Å². The molecule has 0 spiro atoms. The Morgan fingerprint density at radius 2 is 0.484 bits per heavy atom. The maximum atomic E-state index is 13.1. The third-order valence-electron chi connectivity index (χ3n) is 17.6. The zero-order valence-corrected chi connectivity index (χ0v) is 63.9. The lowest BCUT2D eigenvalue weighted by Crippen LogP contribution is -2.30. The average molecular weight is 1400 g/mol. The number of aliphatic hydroxyl groups excluding tert-OH is 1. The van der Waals surface area contributed by atoms with Gasteiger partial charge in [-0.3, -0.25) is 37.3 Å². The zero-order valence-electron chi connectivity index (χ0n) is 62.1. The molecule has 0 aliphatic rings. The van der Waals surface area contributed by atoms with Crippen molar-refractivity contribution in [2.75, 3.05) is 39.6 Å². The lowest BCUT2D eigenvalue weighted by molar-refractivity contribution is -0.161. The van der Waals surface area contributed by atoms with Gasteiger partial charge in [0.15, 0.2) is 12.2 Å². The molecule has 3 N–H and O–H groups in total. The highest BCUT2D eigenvalue weighted by Crippen LogP contribution is 2.45. The number of esters is 4. The first-order chi connectivity index (χ1) is 45.7. The average Bonchev–Trinajstić information content (AvgIpc) is 1.54. The van der Waals surface area contributed by atoms with E-state index in [1.54, 1.807) is 0 Å². The predicted molar refractivity (Wildman–Crippen MR) is 386 cm³/mol. The second-order valence-electron chi connectivity index (χ2n) is 28.8. The van der Waals surface area contributed by atoms with Gasteiger partial charge < -0.3 is 33.8 Å². The molecule has 0 aliphatic heterocycles. The normalized spacial score (nSPS) is 14.1. The molecule has 17 nitrogen and oxygen atoms in total. The highest BCUT2D eigenvalue weighted by atomic mass is 31.2. The summed E-state index contributed by atoms with van der Waals surface area (Å²) in [7, 11) is -9.90. The van der Waals surface area contributed by atoms with Crippen LogP contribution in [0.15, 0.2) is 0 Å². The molecule has 0 aromatic carbocycles. The van der Waals surface area contributed by atoms with Crippen LogP contribution in [0.4, 0.5) is 0 Å². The molecule has 95 heavy (non-hydrogen) atoms. The molecule has 564 valence electrons. The van der Waals surface area contributed by atoms with Crippen LogP contribution in [0.5, 0.6) is 0 Å². The molecule has 0 amide bonds. The molecule has 0 bridgehead atoms. The van der Waals surface area contributed by atoms with Crippen LogP contribution in [0, 0.1) is 17.8 Å². The summed E-state index contributed by atoms with van der Waals surface area (Å²) in [5.41, 5.74) is 0. The van der Waals surface area contributed by atoms with Gasteiger partial charge in [-0.15, -0.1) is 0 Å². The molecular weight excluding hydrogens is 1250 g/mol. The Bertz CT molecular complexity index is 1850. The van der Waals surface area contributed by atoms with Gasteiger partial charge in [-0.2, -0.15) is 0 Å². The molecule has 19 heteroatoms. The van der Waals surface area contributed by atoms with Crippen molar-refractivity contribution in [3.05, 3.63) is 0 Å². The molecule has 0 rings (SSSR count). The largest absolute Gasteiger partial charge is 0.472 e. The minimum atomic E-state index is -4.96. The van der Waals surface area contributed by atoms with E-state index < -0.39 is 97.5 Å². The fraction of sp³-hybridized carbons (Fsp3) is 0.947. The van der Waals surface area contributed by atoms with E-state index in [9.17, 15) is 43.2 Å². The summed E-state index contributed by atoms with van der Waals surface area (Å²) < 4.78 is 68.3. The van der Waals surface area contributed by atoms with E-state index in [2.05, 4.69) is 48.5 Å². The maximum Gasteiger partial charge on any atom is 0.472 e. The van der Waals surface area contributed by atoms with Crippen molar-refractivity contribution in [3.63, 3.8) is 0 Å². The van der Waals surface area contributed by atoms with Gasteiger partial charge in [0.2, 0.25) is 0 Å². The van der Waals surface area contributed by atoms with Crippen molar-refractivity contribution in [3.8, 4) is 0 Å². The summed E-state index contributed by atoms with van der Waals surface area (Å²) in [6.07, 6.45) is 53.2. The fourth-order valence-corrected chi connectivity index (χ4v) is 13.2. The number of unbranched alkanes of at least 4 members (excludes halogenated alkanes) is 42. The molecule has 0 heterocycles. The molecular formula is C76H148O17P2. The number of ether oxygens (including phenoxy) is 4. The van der Waals surface area contributed by atoms with Crippen LogP contribution in [-0.2, 0) is 65.4 Å². The zero-order chi connectivity index (χ0) is 70.1. The third kappa shape index (κ3) is 70.3. The Labute approximate surface area is 581 Å². The topological polar surface area (TPSA) is 237 Å². The van der Waals surface area contributed by atoms with E-state index in [-0.39, 0.29) is 25.7 Å². The number of carbonyl (C=O) groups excluding carboxylic acids is 4. The van der Waals surface area contributed by atoms with Crippen molar-refractivity contribution < 1.29 is 80.2 Å². The second-order valence-corrected chi connectivity index (χ2v) is 31.7. The molecule has 0 fully saturated rings. The molecule has 0 aromatic rings. The molecule has 0 radical (unpaired) electrons. The summed E-state index contributed by atoms with van der Waals surface area (Å²) in [5, 5.41) is 10.6. The summed E-state index contributed by atoms with van der Waals surface area (Å²) in [4.78, 5) is 72.6. The van der Waals surface area contributed by atoms with Gasteiger partial charge in [0.25, 0.3) is 0 Å². The first kappa shape index (κ1) is 93.1. The van der Waals surface area contributed by atoms with E-state index in [0.717, 1.165) is 115 Å². The van der Waals surface area contributed by atoms with Crippen molar-refractivity contribution in [1.29, 1.82) is 0 Å². The molecule has 2 unspecified atom stereocenters. The van der Waals surface area contributed by atoms with Gasteiger partial charge in [-0.05, 0) is 43.4 Å². The first-order valence-corrected chi connectivity index (χ1v) is 42.3. The van der Waals surface area contributed by atoms with Crippen LogP contribution in [-0.4, -0.2) is 96.7 Å². The van der Waals surface area contributed by atoms with E-state index >= 15 is 0 Å². The number of aliphatic hydroxyl groups is 1. The lowest BCUT2D eigenvalue weighted by atomic mass is 10.0. The van der Waals surface area contributed by atoms with Gasteiger partial charge in [-0.25, -0.2) is 9.13 Å². The lowest BCUT2D eigenvalue weighted by Gasteiger charge is -2.21. The number of carbonyl (C=O) groups is 4. The van der Waals surface area contributed by atoms with Crippen molar-refractivity contribution in [2.45, 2.75) is 407 Å². The van der Waals surface area contributed by atoms with E-state index in [4.69, 9.17) is 37.0 Å². The minimum absolute atomic E-state index is 0.102. The van der Waals surface area contributed by atoms with Gasteiger partial charge in [0.1, 0.15) is 19.3 Å². The van der Waals surface area contributed by atoms with Gasteiger partial charge in [0, 0.05) is 25.7 Å². The summed E-state index contributed by atoms with van der Waals surface area (Å²) in [6, 6.07) is 0. The standard InChI is InChI=1S/C76H148O17P2/c1-8-9-10-11-33-43-50-57-73(78)86-63-72(93-76(81)60-53-46-39-38-42-49-56-69(6)7)66-91-95(84,85)89-62-70(77)61-88-94(82,83)90-65-71(64-87-74(79)58-51-44-36-31-27-23-20-16-18-22-26-30-35-41-48-55-68(4)5)92-75(80)59-52-45-37-32-28-24-19-15-13-12-14-17-21-25-29-34-40-47-54-67(2)3/h67-72,77H,8-66H2,1-7H3,(H,82,83)(H,84,85)/t70-,71-,72-/m1/s1. The second kappa shape index (κ2) is 66.6. The minimum Gasteiger partial charge on any atom is -0.462 e. The van der Waals surface area contributed by atoms with Crippen molar-refractivity contribution in [1.82, 2.24) is 0 Å². The number of hydrogen-bond acceptors (Lipinski definition) is 15. The first-order valence-electron chi connectivity index (χ1n) is 39.3. The Kier molecular flexibility index (Phi) is 65.2. The van der Waals surface area contributed by atoms with Crippen LogP contribution in [0.25, 0.3) is 0 Å². The van der Waals surface area contributed by atoms with Crippen molar-refractivity contribution in [2.24, 2.45) is 17.8 Å². The van der Waals surface area contributed by atoms with E-state index in [0.29, 0.717) is 31.6 Å². The van der Waals surface area contributed by atoms with Gasteiger partial charge >= 0.3 is 39.5 Å². The van der Waals surface area contributed by atoms with Gasteiger partial charge in [0.05, 0.1) is 26.4 Å². The Morgan fingerprint density at radius 3 is 0.716 bits per heavy atom. The molecule has 0 aliphatic carbocycles. The quantitative estimate of drug-likeness (QED) is 0.0222. The monoisotopic (exact) mass is 1400 g/mol. The predicted octanol–water partition coefficient (Wildman–Crippen LogP) is 22.2. The van der Waals surface area contributed by atoms with E-state index in [1.807, 2.05) is 0 Å². The van der Waals surface area contributed by atoms with E-state index in [1.165, 1.54) is 186 Å². The highest BCUT2D eigenvalue weighted by Gasteiger charge is 2.30. The maximum absolute atomic E-state index is 13.1. The van der Waals surface area contributed by atoms with Crippen LogP contribution in [0.2, 0.25) is 0 Å². The molecule has 0 saturated heterocycles. The summed E-state index contributed by atoms with van der Waals surface area (Å²) >= 11 is 0. The fourth-order valence-electron chi connectivity index (χ4n) is 11.6. The van der Waals surface area contributed by atoms with Crippen LogP contribution in [0.3, 0.4) is 0 Å². The van der Waals surface area contributed by atoms with Crippen LogP contribution < -0.4 is 0 Å². The molecule has 0 aromatic heterocycles. The molecule has 5 atom stereocenters. The summed E-state index contributed by atoms with van der Waals surface area (Å²) in [6.45, 7) is 11.8. The summed E-state index contributed by atoms with van der Waals surface area (Å²) in [5.74, 6) is 0.169. The number of phosphoric ester groups is 2. The number of rotatable bonds is 74. The number of hydrogen-bond donors (Lipinski definition) is 3. The molecule has 0 saturated carbocycles. The Morgan fingerprint density at radius 1 is 0.284 bits per heavy atom. The Hall–Kier alpha value is -1.94. The van der Waals surface area contributed by atoms with Crippen molar-refractivity contribution >= 4 is 39.5 Å². The smallest absolute Gasteiger partial charge is 0.462 e. The Balaban J connectivity index is 5.14. The third-order valence-corrected chi connectivity index (χ3v) is 19.5. The SMILES string of the molecule is CCCCCCCCCC(=O)OC[C@H](COP(=O)(O)OC[C@H](O)COP(=O)(O)OC[C@@H](COC(=O)CCCCCCCCCCCCCCCCCC(C)C)OC(=O)CCCCCCCCCCCCCCCCCCCCC(C)C)OC(=O)CCCCCCCCC(C)C. The number of phosphoric acid groups is 2.